The average Bonchev–Trinajstić information content (AvgIpc) is 3.24. The lowest BCUT2D eigenvalue weighted by Crippen LogP contribution is -2.46. The monoisotopic (exact) mass is 530 g/mol. The van der Waals surface area contributed by atoms with Crippen LogP contribution in [0.2, 0.25) is 0 Å². The van der Waals surface area contributed by atoms with Crippen molar-refractivity contribution >= 4 is 40.7 Å². The van der Waals surface area contributed by atoms with Gasteiger partial charge in [0, 0.05) is 41.4 Å². The van der Waals surface area contributed by atoms with Crippen LogP contribution in [0.5, 0.6) is 0 Å². The maximum Gasteiger partial charge on any atom is 0.191 e. The Balaban J connectivity index is 0.00000300. The Hall–Kier alpha value is -1.49. The summed E-state index contributed by atoms with van der Waals surface area (Å²) in [7, 11) is 1.08. The molecule has 1 saturated carbocycles. The lowest BCUT2D eigenvalue weighted by atomic mass is 9.95. The molecular formula is C20H31IN6OS. The van der Waals surface area contributed by atoms with Crippen LogP contribution in [0.25, 0.3) is 0 Å². The molecule has 0 aliphatic heterocycles. The van der Waals surface area contributed by atoms with Crippen molar-refractivity contribution in [3.63, 3.8) is 0 Å². The summed E-state index contributed by atoms with van der Waals surface area (Å²) in [6, 6.07) is 8.76. The minimum absolute atomic E-state index is 0. The molecule has 160 valence electrons. The molecule has 9 heteroatoms. The van der Waals surface area contributed by atoms with E-state index >= 15 is 0 Å². The van der Waals surface area contributed by atoms with Gasteiger partial charge in [-0.3, -0.25) is 9.20 Å². The summed E-state index contributed by atoms with van der Waals surface area (Å²) in [6.07, 6.45) is 7.52. The van der Waals surface area contributed by atoms with Crippen LogP contribution < -0.4 is 10.6 Å². The van der Waals surface area contributed by atoms with Gasteiger partial charge in [-0.2, -0.15) is 5.10 Å². The zero-order valence-corrected chi connectivity index (χ0v) is 20.2. The molecule has 7 nitrogen and oxygen atoms in total. The third-order valence-corrected chi connectivity index (χ3v) is 6.85. The van der Waals surface area contributed by atoms with Crippen molar-refractivity contribution in [2.24, 2.45) is 4.99 Å². The third-order valence-electron chi connectivity index (χ3n) is 5.11. The highest BCUT2D eigenvalue weighted by Gasteiger charge is 2.25. The van der Waals surface area contributed by atoms with E-state index in [1.165, 1.54) is 11.1 Å². The van der Waals surface area contributed by atoms with Crippen molar-refractivity contribution < 1.29 is 4.21 Å². The van der Waals surface area contributed by atoms with Crippen LogP contribution in [0.15, 0.2) is 41.9 Å². The number of benzene rings is 1. The van der Waals surface area contributed by atoms with Crippen molar-refractivity contribution in [3.8, 4) is 0 Å². The SMILES string of the molecule is CCS(=O)C1CCCC(NC(=NC)NCc2cccc(Cn3cncn3)c2)C1.I. The van der Waals surface area contributed by atoms with Gasteiger partial charge in [0.1, 0.15) is 12.7 Å². The van der Waals surface area contributed by atoms with Gasteiger partial charge in [-0.1, -0.05) is 37.6 Å². The number of hydrogen-bond donors (Lipinski definition) is 2. The number of guanidine groups is 1. The molecule has 2 N–H and O–H groups in total. The topological polar surface area (TPSA) is 84.2 Å². The fraction of sp³-hybridized carbons (Fsp3) is 0.550. The van der Waals surface area contributed by atoms with Crippen molar-refractivity contribution in [1.82, 2.24) is 25.4 Å². The van der Waals surface area contributed by atoms with Crippen LogP contribution >= 0.6 is 24.0 Å². The van der Waals surface area contributed by atoms with Crippen LogP contribution in [-0.4, -0.2) is 49.0 Å². The largest absolute Gasteiger partial charge is 0.354 e. The maximum absolute atomic E-state index is 12.2. The predicted octanol–water partition coefficient (Wildman–Crippen LogP) is 2.69. The van der Waals surface area contributed by atoms with Gasteiger partial charge in [-0.25, -0.2) is 9.67 Å². The molecule has 0 spiro atoms. The second-order valence-electron chi connectivity index (χ2n) is 7.14. The molecule has 29 heavy (non-hydrogen) atoms. The minimum atomic E-state index is -0.713. The van der Waals surface area contributed by atoms with E-state index < -0.39 is 10.8 Å². The fourth-order valence-corrected chi connectivity index (χ4v) is 5.01. The quantitative estimate of drug-likeness (QED) is 0.327. The Morgan fingerprint density at radius 1 is 1.34 bits per heavy atom. The van der Waals surface area contributed by atoms with E-state index in [0.717, 1.165) is 37.4 Å². The van der Waals surface area contributed by atoms with Crippen LogP contribution in [0.1, 0.15) is 43.7 Å². The molecule has 3 rings (SSSR count). The molecular weight excluding hydrogens is 499 g/mol. The normalized spacial score (nSPS) is 20.6. The van der Waals surface area contributed by atoms with Crippen molar-refractivity contribution in [2.45, 2.75) is 57.0 Å². The van der Waals surface area contributed by atoms with Gasteiger partial charge in [0.2, 0.25) is 0 Å². The summed E-state index contributed by atoms with van der Waals surface area (Å²) in [6.45, 7) is 3.41. The standard InChI is InChI=1S/C20H30N6OS.HI/c1-3-28(27)19-9-5-8-18(11-19)25-20(21-2)23-12-16-6-4-7-17(10-16)13-26-15-22-14-24-26;/h4,6-7,10,14-15,18-19H,3,5,8-9,11-13H2,1-2H3,(H2,21,23,25);1H. The van der Waals surface area contributed by atoms with Crippen molar-refractivity contribution in [1.29, 1.82) is 0 Å². The number of hydrogen-bond acceptors (Lipinski definition) is 4. The number of aliphatic imine (C=N–C) groups is 1. The Labute approximate surface area is 192 Å². The Bertz CT molecular complexity index is 798. The third kappa shape index (κ3) is 7.36. The van der Waals surface area contributed by atoms with Crippen molar-refractivity contribution in [3.05, 3.63) is 48.0 Å². The molecule has 1 heterocycles. The Morgan fingerprint density at radius 2 is 2.17 bits per heavy atom. The van der Waals surface area contributed by atoms with Gasteiger partial charge in [-0.05, 0) is 30.4 Å². The summed E-state index contributed by atoms with van der Waals surface area (Å²) in [5.74, 6) is 1.55. The van der Waals surface area contributed by atoms with Crippen molar-refractivity contribution in [2.75, 3.05) is 12.8 Å². The van der Waals surface area contributed by atoms with Gasteiger partial charge < -0.3 is 10.6 Å². The summed E-state index contributed by atoms with van der Waals surface area (Å²) in [4.78, 5) is 8.35. The first-order valence-corrected chi connectivity index (χ1v) is 11.3. The van der Waals surface area contributed by atoms with E-state index in [-0.39, 0.29) is 24.0 Å². The molecule has 1 aromatic heterocycles. The summed E-state index contributed by atoms with van der Waals surface area (Å²) >= 11 is 0. The number of rotatable bonds is 7. The number of nitrogens with zero attached hydrogens (tertiary/aromatic N) is 4. The second-order valence-corrected chi connectivity index (χ2v) is 9.14. The van der Waals surface area contributed by atoms with E-state index in [4.69, 9.17) is 0 Å². The lowest BCUT2D eigenvalue weighted by Gasteiger charge is -2.30. The van der Waals surface area contributed by atoms with Gasteiger partial charge in [-0.15, -0.1) is 24.0 Å². The first kappa shape index (κ1) is 23.8. The van der Waals surface area contributed by atoms with E-state index in [1.807, 2.05) is 11.6 Å². The minimum Gasteiger partial charge on any atom is -0.354 e. The fourth-order valence-electron chi connectivity index (χ4n) is 3.66. The van der Waals surface area contributed by atoms with Crippen LogP contribution in [0, 0.1) is 0 Å². The Kier molecular flexibility index (Phi) is 10.1. The Morgan fingerprint density at radius 3 is 2.90 bits per heavy atom. The van der Waals surface area contributed by atoms with E-state index in [2.05, 4.69) is 50.0 Å². The molecule has 0 radical (unpaired) electrons. The highest BCUT2D eigenvalue weighted by molar-refractivity contribution is 14.0. The van der Waals surface area contributed by atoms with E-state index in [0.29, 0.717) is 24.4 Å². The summed E-state index contributed by atoms with van der Waals surface area (Å²) in [5, 5.41) is 11.4. The number of halogens is 1. The molecule has 1 fully saturated rings. The lowest BCUT2D eigenvalue weighted by molar-refractivity contribution is 0.413. The average molecular weight is 530 g/mol. The number of nitrogens with one attached hydrogen (secondary N) is 2. The van der Waals surface area contributed by atoms with Crippen LogP contribution in [0.4, 0.5) is 0 Å². The molecule has 2 aromatic rings. The smallest absolute Gasteiger partial charge is 0.191 e. The van der Waals surface area contributed by atoms with Gasteiger partial charge in [0.15, 0.2) is 5.96 Å². The van der Waals surface area contributed by atoms with Gasteiger partial charge in [0.25, 0.3) is 0 Å². The molecule has 0 saturated heterocycles. The molecule has 3 atom stereocenters. The zero-order valence-electron chi connectivity index (χ0n) is 17.1. The molecule has 0 amide bonds. The summed E-state index contributed by atoms with van der Waals surface area (Å²) in [5.41, 5.74) is 2.37. The predicted molar refractivity (Wildman–Crippen MR) is 129 cm³/mol. The van der Waals surface area contributed by atoms with E-state index in [9.17, 15) is 4.21 Å². The maximum atomic E-state index is 12.2. The molecule has 0 bridgehead atoms. The molecule has 1 aliphatic rings. The van der Waals surface area contributed by atoms with Gasteiger partial charge >= 0.3 is 0 Å². The highest BCUT2D eigenvalue weighted by atomic mass is 127. The molecule has 1 aromatic carbocycles. The van der Waals surface area contributed by atoms with Crippen LogP contribution in [0.3, 0.4) is 0 Å². The van der Waals surface area contributed by atoms with Crippen LogP contribution in [-0.2, 0) is 23.9 Å². The summed E-state index contributed by atoms with van der Waals surface area (Å²) < 4.78 is 14.0. The highest BCUT2D eigenvalue weighted by Crippen LogP contribution is 2.23. The molecule has 3 unspecified atom stereocenters. The first-order chi connectivity index (χ1) is 13.7. The zero-order chi connectivity index (χ0) is 19.8. The number of aromatic nitrogens is 3. The van der Waals surface area contributed by atoms with Gasteiger partial charge in [0.05, 0.1) is 6.54 Å². The van der Waals surface area contributed by atoms with E-state index in [1.54, 1.807) is 19.7 Å². The molecule has 1 aliphatic carbocycles. The second kappa shape index (κ2) is 12.3. The first-order valence-electron chi connectivity index (χ1n) is 9.92.